The summed E-state index contributed by atoms with van der Waals surface area (Å²) < 4.78 is 5.26. The fourth-order valence-electron chi connectivity index (χ4n) is 2.22. The van der Waals surface area contributed by atoms with Crippen LogP contribution in [0.3, 0.4) is 0 Å². The molecule has 2 heteroatoms. The van der Waals surface area contributed by atoms with Crippen LogP contribution in [0.15, 0.2) is 30.3 Å². The van der Waals surface area contributed by atoms with E-state index in [0.29, 0.717) is 0 Å². The molecule has 3 rings (SSSR count). The number of hydrogen-bond acceptors (Lipinski definition) is 2. The molecule has 1 aromatic carbocycles. The van der Waals surface area contributed by atoms with Crippen molar-refractivity contribution in [1.82, 2.24) is 4.98 Å². The van der Waals surface area contributed by atoms with E-state index in [1.54, 1.807) is 7.11 Å². The highest BCUT2D eigenvalue weighted by Crippen LogP contribution is 2.37. The van der Waals surface area contributed by atoms with E-state index in [0.717, 1.165) is 23.6 Å². The topological polar surface area (TPSA) is 22.1 Å². The van der Waals surface area contributed by atoms with Gasteiger partial charge in [0.2, 0.25) is 0 Å². The zero-order valence-electron chi connectivity index (χ0n) is 9.45. The van der Waals surface area contributed by atoms with Crippen LogP contribution < -0.4 is 4.74 Å². The van der Waals surface area contributed by atoms with Gasteiger partial charge in [-0.1, -0.05) is 12.1 Å². The lowest BCUT2D eigenvalue weighted by atomic mass is 10.1. The maximum absolute atomic E-state index is 5.26. The summed E-state index contributed by atoms with van der Waals surface area (Å²) >= 11 is 0. The van der Waals surface area contributed by atoms with E-state index in [2.05, 4.69) is 29.2 Å². The normalized spacial score (nSPS) is 12.1. The predicted octanol–water partition coefficient (Wildman–Crippen LogP) is 2.97. The van der Waals surface area contributed by atoms with Gasteiger partial charge < -0.3 is 4.74 Å². The summed E-state index contributed by atoms with van der Waals surface area (Å²) in [6, 6.07) is 10.5. The highest BCUT2D eigenvalue weighted by molar-refractivity contribution is 5.74. The third kappa shape index (κ3) is 1.30. The standard InChI is InChI=1S/C14H13NO/c1-9-3-4-11-7-10-5-6-12(16-2)8-13(10)14(11)15-9/h3-6,8H,7H2,1-2H3. The van der Waals surface area contributed by atoms with Crippen molar-refractivity contribution < 1.29 is 4.74 Å². The van der Waals surface area contributed by atoms with Crippen LogP contribution in [0, 0.1) is 6.92 Å². The quantitative estimate of drug-likeness (QED) is 0.617. The minimum atomic E-state index is 0.898. The third-order valence-corrected chi connectivity index (χ3v) is 3.07. The van der Waals surface area contributed by atoms with Gasteiger partial charge in [-0.3, -0.25) is 4.98 Å². The molecule has 0 saturated carbocycles. The zero-order valence-corrected chi connectivity index (χ0v) is 9.45. The molecule has 0 fully saturated rings. The maximum atomic E-state index is 5.26. The van der Waals surface area contributed by atoms with E-state index < -0.39 is 0 Å². The van der Waals surface area contributed by atoms with Gasteiger partial charge in [-0.25, -0.2) is 0 Å². The van der Waals surface area contributed by atoms with Crippen LogP contribution >= 0.6 is 0 Å². The first-order valence-electron chi connectivity index (χ1n) is 5.42. The van der Waals surface area contributed by atoms with Gasteiger partial charge in [0.1, 0.15) is 5.75 Å². The molecule has 2 nitrogen and oxygen atoms in total. The van der Waals surface area contributed by atoms with Crippen molar-refractivity contribution in [3.8, 4) is 17.0 Å². The number of aryl methyl sites for hydroxylation is 1. The molecule has 0 spiro atoms. The molecule has 0 saturated heterocycles. The molecule has 1 heterocycles. The van der Waals surface area contributed by atoms with Gasteiger partial charge in [0.05, 0.1) is 12.8 Å². The summed E-state index contributed by atoms with van der Waals surface area (Å²) in [6.07, 6.45) is 0.988. The third-order valence-electron chi connectivity index (χ3n) is 3.07. The van der Waals surface area contributed by atoms with Gasteiger partial charge in [-0.2, -0.15) is 0 Å². The molecule has 0 unspecified atom stereocenters. The van der Waals surface area contributed by atoms with Crippen molar-refractivity contribution >= 4 is 0 Å². The van der Waals surface area contributed by atoms with Crippen molar-refractivity contribution in [2.24, 2.45) is 0 Å². The van der Waals surface area contributed by atoms with E-state index in [1.165, 1.54) is 16.7 Å². The molecule has 0 radical (unpaired) electrons. The molecule has 1 aromatic heterocycles. The van der Waals surface area contributed by atoms with Crippen LogP contribution in [0.25, 0.3) is 11.3 Å². The molecule has 2 aromatic rings. The fourth-order valence-corrected chi connectivity index (χ4v) is 2.22. The monoisotopic (exact) mass is 211 g/mol. The Hall–Kier alpha value is -1.83. The second-order valence-electron chi connectivity index (χ2n) is 4.16. The molecule has 0 atom stereocenters. The molecule has 16 heavy (non-hydrogen) atoms. The van der Waals surface area contributed by atoms with Crippen LogP contribution in [0.1, 0.15) is 16.8 Å². The minimum Gasteiger partial charge on any atom is -0.497 e. The maximum Gasteiger partial charge on any atom is 0.119 e. The van der Waals surface area contributed by atoms with Crippen molar-refractivity contribution in [2.45, 2.75) is 13.3 Å². The Balaban J connectivity index is 2.22. The smallest absolute Gasteiger partial charge is 0.119 e. The van der Waals surface area contributed by atoms with Crippen molar-refractivity contribution in [3.63, 3.8) is 0 Å². The van der Waals surface area contributed by atoms with Crippen LogP contribution in [-0.2, 0) is 6.42 Å². The Morgan fingerprint density at radius 2 is 1.94 bits per heavy atom. The largest absolute Gasteiger partial charge is 0.497 e. The Morgan fingerprint density at radius 3 is 2.75 bits per heavy atom. The Bertz CT molecular complexity index is 561. The predicted molar refractivity (Wildman–Crippen MR) is 63.8 cm³/mol. The number of methoxy groups -OCH3 is 1. The van der Waals surface area contributed by atoms with Crippen LogP contribution in [0.4, 0.5) is 0 Å². The minimum absolute atomic E-state index is 0.898. The first-order chi connectivity index (χ1) is 7.78. The average molecular weight is 211 g/mol. The Labute approximate surface area is 94.9 Å². The van der Waals surface area contributed by atoms with Crippen LogP contribution in [-0.4, -0.2) is 12.1 Å². The highest BCUT2D eigenvalue weighted by atomic mass is 16.5. The summed E-state index contributed by atoms with van der Waals surface area (Å²) in [6.45, 7) is 2.03. The SMILES string of the molecule is COc1ccc2c(c1)-c1nc(C)ccc1C2. The number of benzene rings is 1. The van der Waals surface area contributed by atoms with Crippen LogP contribution in [0.5, 0.6) is 5.75 Å². The van der Waals surface area contributed by atoms with Gasteiger partial charge in [0, 0.05) is 17.7 Å². The first kappa shape index (κ1) is 9.40. The van der Waals surface area contributed by atoms with Crippen molar-refractivity contribution in [2.75, 3.05) is 7.11 Å². The second-order valence-corrected chi connectivity index (χ2v) is 4.16. The summed E-state index contributed by atoms with van der Waals surface area (Å²) in [7, 11) is 1.70. The summed E-state index contributed by atoms with van der Waals surface area (Å²) in [5.74, 6) is 0.898. The van der Waals surface area contributed by atoms with Crippen molar-refractivity contribution in [3.05, 3.63) is 47.2 Å². The molecular weight excluding hydrogens is 198 g/mol. The lowest BCUT2D eigenvalue weighted by Crippen LogP contribution is -1.88. The number of fused-ring (bicyclic) bond motifs is 3. The highest BCUT2D eigenvalue weighted by Gasteiger charge is 2.20. The molecular formula is C14H13NO. The van der Waals surface area contributed by atoms with E-state index >= 15 is 0 Å². The Kier molecular flexibility index (Phi) is 1.96. The van der Waals surface area contributed by atoms with E-state index in [1.807, 2.05) is 13.0 Å². The molecule has 80 valence electrons. The van der Waals surface area contributed by atoms with Gasteiger partial charge in [-0.05, 0) is 36.2 Å². The summed E-state index contributed by atoms with van der Waals surface area (Å²) in [5, 5.41) is 0. The van der Waals surface area contributed by atoms with Crippen molar-refractivity contribution in [1.29, 1.82) is 0 Å². The Morgan fingerprint density at radius 1 is 1.12 bits per heavy atom. The van der Waals surface area contributed by atoms with E-state index in [-0.39, 0.29) is 0 Å². The first-order valence-corrected chi connectivity index (χ1v) is 5.42. The lowest BCUT2D eigenvalue weighted by molar-refractivity contribution is 0.415. The average Bonchev–Trinajstić information content (AvgIpc) is 2.66. The second kappa shape index (κ2) is 3.34. The fraction of sp³-hybridized carbons (Fsp3) is 0.214. The van der Waals surface area contributed by atoms with Gasteiger partial charge >= 0.3 is 0 Å². The van der Waals surface area contributed by atoms with E-state index in [4.69, 9.17) is 4.74 Å². The number of aromatic nitrogens is 1. The van der Waals surface area contributed by atoms with Gasteiger partial charge in [0.15, 0.2) is 0 Å². The molecule has 0 bridgehead atoms. The molecule has 0 amide bonds. The number of nitrogens with zero attached hydrogens (tertiary/aromatic N) is 1. The number of pyridine rings is 1. The number of hydrogen-bond donors (Lipinski definition) is 0. The number of ether oxygens (including phenoxy) is 1. The summed E-state index contributed by atoms with van der Waals surface area (Å²) in [4.78, 5) is 4.61. The molecule has 1 aliphatic rings. The van der Waals surface area contributed by atoms with Crippen LogP contribution in [0.2, 0.25) is 0 Å². The zero-order chi connectivity index (χ0) is 11.1. The number of rotatable bonds is 1. The van der Waals surface area contributed by atoms with E-state index in [9.17, 15) is 0 Å². The molecule has 1 aliphatic carbocycles. The summed E-state index contributed by atoms with van der Waals surface area (Å²) in [5.41, 5.74) is 6.06. The molecule has 0 aliphatic heterocycles. The van der Waals surface area contributed by atoms with Gasteiger partial charge in [0.25, 0.3) is 0 Å². The van der Waals surface area contributed by atoms with Gasteiger partial charge in [-0.15, -0.1) is 0 Å². The molecule has 0 N–H and O–H groups in total. The lowest BCUT2D eigenvalue weighted by Gasteiger charge is -2.04.